The zero-order chi connectivity index (χ0) is 9.84. The van der Waals surface area contributed by atoms with E-state index in [-0.39, 0.29) is 6.04 Å². The van der Waals surface area contributed by atoms with Crippen molar-refractivity contribution in [1.82, 2.24) is 0 Å². The Hall–Kier alpha value is 0.140. The Morgan fingerprint density at radius 3 is 2.38 bits per heavy atom. The van der Waals surface area contributed by atoms with E-state index in [1.54, 1.807) is 11.3 Å². The van der Waals surface area contributed by atoms with Crippen LogP contribution in [0, 0.1) is 5.92 Å². The summed E-state index contributed by atoms with van der Waals surface area (Å²) in [6.45, 7) is 4.41. The summed E-state index contributed by atoms with van der Waals surface area (Å²) < 4.78 is 1.16. The summed E-state index contributed by atoms with van der Waals surface area (Å²) in [6, 6.07) is 0.190. The lowest BCUT2D eigenvalue weighted by atomic mass is 9.91. The van der Waals surface area contributed by atoms with Crippen molar-refractivity contribution in [2.75, 3.05) is 0 Å². The SMILES string of the molecule is CCC(CC)C(N)c1cscc1Br. The van der Waals surface area contributed by atoms with Crippen LogP contribution in [0.3, 0.4) is 0 Å². The van der Waals surface area contributed by atoms with Gasteiger partial charge >= 0.3 is 0 Å². The number of rotatable bonds is 4. The second-order valence-corrected chi connectivity index (χ2v) is 4.88. The standard InChI is InChI=1S/C10H16BrNS/c1-3-7(4-2)10(12)8-5-13-6-9(8)11/h5-7,10H,3-4,12H2,1-2H3. The second kappa shape index (κ2) is 5.13. The summed E-state index contributed by atoms with van der Waals surface area (Å²) in [7, 11) is 0. The highest BCUT2D eigenvalue weighted by molar-refractivity contribution is 9.10. The molecule has 1 unspecified atom stereocenters. The molecular weight excluding hydrogens is 246 g/mol. The molecule has 0 aliphatic heterocycles. The van der Waals surface area contributed by atoms with Gasteiger partial charge in [-0.25, -0.2) is 0 Å². The molecule has 3 heteroatoms. The van der Waals surface area contributed by atoms with Gasteiger partial charge in [-0.05, 0) is 32.8 Å². The summed E-state index contributed by atoms with van der Waals surface area (Å²) >= 11 is 5.23. The van der Waals surface area contributed by atoms with Gasteiger partial charge < -0.3 is 5.73 Å². The van der Waals surface area contributed by atoms with Crippen molar-refractivity contribution in [2.45, 2.75) is 32.7 Å². The molecule has 2 N–H and O–H groups in total. The van der Waals surface area contributed by atoms with Gasteiger partial charge in [-0.2, -0.15) is 11.3 Å². The highest BCUT2D eigenvalue weighted by atomic mass is 79.9. The van der Waals surface area contributed by atoms with E-state index in [0.29, 0.717) is 5.92 Å². The summed E-state index contributed by atoms with van der Waals surface area (Å²) in [4.78, 5) is 0. The molecule has 0 saturated carbocycles. The van der Waals surface area contributed by atoms with Crippen molar-refractivity contribution in [3.8, 4) is 0 Å². The number of halogens is 1. The van der Waals surface area contributed by atoms with Crippen LogP contribution in [0.2, 0.25) is 0 Å². The molecule has 13 heavy (non-hydrogen) atoms. The summed E-state index contributed by atoms with van der Waals surface area (Å²) in [6.07, 6.45) is 2.31. The molecule has 0 aliphatic rings. The fourth-order valence-corrected chi connectivity index (χ4v) is 3.19. The summed E-state index contributed by atoms with van der Waals surface area (Å²) in [5.74, 6) is 0.603. The molecule has 74 valence electrons. The van der Waals surface area contributed by atoms with Crippen molar-refractivity contribution in [2.24, 2.45) is 11.7 Å². The molecule has 1 aromatic heterocycles. The van der Waals surface area contributed by atoms with Crippen LogP contribution in [0.1, 0.15) is 38.3 Å². The van der Waals surface area contributed by atoms with Gasteiger partial charge in [-0.1, -0.05) is 26.7 Å². The Kier molecular flexibility index (Phi) is 4.42. The van der Waals surface area contributed by atoms with Crippen LogP contribution in [0.25, 0.3) is 0 Å². The lowest BCUT2D eigenvalue weighted by Gasteiger charge is -2.20. The summed E-state index contributed by atoms with van der Waals surface area (Å²) in [5, 5.41) is 4.24. The normalized spacial score (nSPS) is 13.6. The first-order chi connectivity index (χ1) is 6.20. The second-order valence-electron chi connectivity index (χ2n) is 3.28. The third-order valence-corrected chi connectivity index (χ3v) is 4.31. The highest BCUT2D eigenvalue weighted by Gasteiger charge is 2.18. The van der Waals surface area contributed by atoms with Crippen molar-refractivity contribution in [3.05, 3.63) is 20.8 Å². The third kappa shape index (κ3) is 2.55. The maximum absolute atomic E-state index is 6.18. The minimum atomic E-state index is 0.190. The molecule has 0 fully saturated rings. The van der Waals surface area contributed by atoms with Crippen LogP contribution in [-0.2, 0) is 0 Å². The molecule has 1 heterocycles. The highest BCUT2D eigenvalue weighted by Crippen LogP contribution is 2.32. The van der Waals surface area contributed by atoms with E-state index in [4.69, 9.17) is 5.73 Å². The minimum Gasteiger partial charge on any atom is -0.324 e. The molecule has 1 atom stereocenters. The minimum absolute atomic E-state index is 0.190. The van der Waals surface area contributed by atoms with E-state index in [0.717, 1.165) is 17.3 Å². The first-order valence-electron chi connectivity index (χ1n) is 4.67. The third-order valence-electron chi connectivity index (χ3n) is 2.56. The predicted molar refractivity (Wildman–Crippen MR) is 63.0 cm³/mol. The lowest BCUT2D eigenvalue weighted by molar-refractivity contribution is 0.405. The average molecular weight is 262 g/mol. The lowest BCUT2D eigenvalue weighted by Crippen LogP contribution is -2.20. The number of hydrogen-bond acceptors (Lipinski definition) is 2. The van der Waals surface area contributed by atoms with Crippen molar-refractivity contribution >= 4 is 27.3 Å². The fourth-order valence-electron chi connectivity index (χ4n) is 1.58. The molecule has 1 rings (SSSR count). The van der Waals surface area contributed by atoms with Gasteiger partial charge in [-0.15, -0.1) is 0 Å². The monoisotopic (exact) mass is 261 g/mol. The Morgan fingerprint density at radius 1 is 1.38 bits per heavy atom. The molecular formula is C10H16BrNS. The average Bonchev–Trinajstić information content (AvgIpc) is 2.53. The molecule has 0 bridgehead atoms. The number of nitrogens with two attached hydrogens (primary N) is 1. The molecule has 0 aliphatic carbocycles. The van der Waals surface area contributed by atoms with Crippen molar-refractivity contribution in [3.63, 3.8) is 0 Å². The first kappa shape index (κ1) is 11.2. The van der Waals surface area contributed by atoms with Crippen LogP contribution in [0.5, 0.6) is 0 Å². The molecule has 1 aromatic rings. The molecule has 0 aromatic carbocycles. The maximum atomic E-state index is 6.18. The van der Waals surface area contributed by atoms with E-state index in [1.807, 2.05) is 0 Å². The summed E-state index contributed by atoms with van der Waals surface area (Å²) in [5.41, 5.74) is 7.44. The Morgan fingerprint density at radius 2 is 2.00 bits per heavy atom. The van der Waals surface area contributed by atoms with E-state index >= 15 is 0 Å². The largest absolute Gasteiger partial charge is 0.324 e. The fraction of sp³-hybridized carbons (Fsp3) is 0.600. The van der Waals surface area contributed by atoms with Crippen molar-refractivity contribution in [1.29, 1.82) is 0 Å². The van der Waals surface area contributed by atoms with E-state index < -0.39 is 0 Å². The van der Waals surface area contributed by atoms with Gasteiger partial charge in [0.1, 0.15) is 0 Å². The van der Waals surface area contributed by atoms with Gasteiger partial charge in [0.15, 0.2) is 0 Å². The Balaban J connectivity index is 2.77. The van der Waals surface area contributed by atoms with Crippen LogP contribution in [0.4, 0.5) is 0 Å². The molecule has 0 saturated heterocycles. The molecule has 0 spiro atoms. The van der Waals surface area contributed by atoms with E-state index in [2.05, 4.69) is 40.5 Å². The van der Waals surface area contributed by atoms with Gasteiger partial charge in [0, 0.05) is 15.9 Å². The zero-order valence-electron chi connectivity index (χ0n) is 8.09. The Bertz CT molecular complexity index is 255. The van der Waals surface area contributed by atoms with Gasteiger partial charge in [-0.3, -0.25) is 0 Å². The smallest absolute Gasteiger partial charge is 0.0342 e. The van der Waals surface area contributed by atoms with Crippen LogP contribution < -0.4 is 5.73 Å². The van der Waals surface area contributed by atoms with Gasteiger partial charge in [0.05, 0.1) is 0 Å². The number of hydrogen-bond donors (Lipinski definition) is 1. The van der Waals surface area contributed by atoms with Crippen LogP contribution in [0.15, 0.2) is 15.2 Å². The van der Waals surface area contributed by atoms with Crippen molar-refractivity contribution < 1.29 is 0 Å². The molecule has 1 nitrogen and oxygen atoms in total. The quantitative estimate of drug-likeness (QED) is 0.873. The van der Waals surface area contributed by atoms with E-state index in [9.17, 15) is 0 Å². The van der Waals surface area contributed by atoms with E-state index in [1.165, 1.54) is 5.56 Å². The molecule has 0 radical (unpaired) electrons. The first-order valence-corrected chi connectivity index (χ1v) is 6.41. The topological polar surface area (TPSA) is 26.0 Å². The maximum Gasteiger partial charge on any atom is 0.0342 e. The zero-order valence-corrected chi connectivity index (χ0v) is 10.5. The van der Waals surface area contributed by atoms with Crippen LogP contribution >= 0.6 is 27.3 Å². The number of thiophene rings is 1. The van der Waals surface area contributed by atoms with Gasteiger partial charge in [0.2, 0.25) is 0 Å². The molecule has 0 amide bonds. The Labute approximate surface area is 92.5 Å². The van der Waals surface area contributed by atoms with Gasteiger partial charge in [0.25, 0.3) is 0 Å². The van der Waals surface area contributed by atoms with Crippen LogP contribution in [-0.4, -0.2) is 0 Å². The predicted octanol–water partition coefficient (Wildman–Crippen LogP) is 3.95.